The zero-order valence-corrected chi connectivity index (χ0v) is 11.7. The van der Waals surface area contributed by atoms with E-state index < -0.39 is 0 Å². The summed E-state index contributed by atoms with van der Waals surface area (Å²) < 4.78 is 5.02. The highest BCUT2D eigenvalue weighted by molar-refractivity contribution is 5.75. The van der Waals surface area contributed by atoms with Gasteiger partial charge in [0.1, 0.15) is 0 Å². The van der Waals surface area contributed by atoms with Crippen LogP contribution in [0.25, 0.3) is 0 Å². The highest BCUT2D eigenvalue weighted by Gasteiger charge is 2.18. The van der Waals surface area contributed by atoms with E-state index in [0.29, 0.717) is 32.0 Å². The lowest BCUT2D eigenvalue weighted by molar-refractivity contribution is -0.121. The van der Waals surface area contributed by atoms with E-state index in [9.17, 15) is 4.79 Å². The Bertz CT molecular complexity index is 217. The summed E-state index contributed by atoms with van der Waals surface area (Å²) in [4.78, 5) is 11.6. The molecule has 0 rings (SSSR count). The molecule has 0 aliphatic heterocycles. The molecule has 17 heavy (non-hydrogen) atoms. The van der Waals surface area contributed by atoms with Crippen molar-refractivity contribution in [2.75, 3.05) is 26.8 Å². The maximum Gasteiger partial charge on any atom is 0.220 e. The molecule has 102 valence electrons. The van der Waals surface area contributed by atoms with E-state index in [1.54, 1.807) is 7.11 Å². The third-order valence-electron chi connectivity index (χ3n) is 2.95. The molecule has 1 amide bonds. The normalized spacial score (nSPS) is 13.5. The van der Waals surface area contributed by atoms with Gasteiger partial charge in [-0.05, 0) is 30.7 Å². The van der Waals surface area contributed by atoms with Crippen LogP contribution in [-0.2, 0) is 9.53 Å². The average molecular weight is 244 g/mol. The van der Waals surface area contributed by atoms with E-state index in [1.807, 2.05) is 0 Å². The van der Waals surface area contributed by atoms with Gasteiger partial charge in [-0.15, -0.1) is 0 Å². The number of rotatable bonds is 9. The van der Waals surface area contributed by atoms with E-state index in [2.05, 4.69) is 26.1 Å². The lowest BCUT2D eigenvalue weighted by Gasteiger charge is -2.23. The Labute approximate surface area is 105 Å². The monoisotopic (exact) mass is 244 g/mol. The molecule has 0 spiro atoms. The highest BCUT2D eigenvalue weighted by Crippen LogP contribution is 2.25. The largest absolute Gasteiger partial charge is 0.384 e. The standard InChI is InChI=1S/C13H28N2O2/c1-11(10-17-4)9-15-12(16)5-6-13(2,3)7-8-14/h11H,5-10,14H2,1-4H3,(H,15,16). The minimum absolute atomic E-state index is 0.123. The molecule has 0 aliphatic rings. The van der Waals surface area contributed by atoms with Crippen LogP contribution in [0.15, 0.2) is 0 Å². The predicted octanol–water partition coefficient (Wildman–Crippen LogP) is 1.54. The Morgan fingerprint density at radius 1 is 1.41 bits per heavy atom. The summed E-state index contributed by atoms with van der Waals surface area (Å²) >= 11 is 0. The van der Waals surface area contributed by atoms with Gasteiger partial charge in [0.05, 0.1) is 6.61 Å². The zero-order chi connectivity index (χ0) is 13.3. The van der Waals surface area contributed by atoms with Crippen molar-refractivity contribution in [3.05, 3.63) is 0 Å². The van der Waals surface area contributed by atoms with Gasteiger partial charge in [0.2, 0.25) is 5.91 Å². The van der Waals surface area contributed by atoms with Crippen molar-refractivity contribution in [2.45, 2.75) is 40.0 Å². The quantitative estimate of drug-likeness (QED) is 0.646. The summed E-state index contributed by atoms with van der Waals surface area (Å²) in [5.74, 6) is 0.485. The molecule has 0 aromatic carbocycles. The fourth-order valence-electron chi connectivity index (χ4n) is 1.69. The molecule has 0 aliphatic carbocycles. The fourth-order valence-corrected chi connectivity index (χ4v) is 1.69. The van der Waals surface area contributed by atoms with Crippen LogP contribution in [0.4, 0.5) is 0 Å². The molecule has 0 saturated heterocycles. The number of nitrogens with two attached hydrogens (primary N) is 1. The van der Waals surface area contributed by atoms with Crippen LogP contribution in [0.5, 0.6) is 0 Å². The Balaban J connectivity index is 3.72. The number of nitrogens with one attached hydrogen (secondary N) is 1. The van der Waals surface area contributed by atoms with Crippen LogP contribution >= 0.6 is 0 Å². The molecule has 0 saturated carbocycles. The summed E-state index contributed by atoms with van der Waals surface area (Å²) in [6.45, 7) is 8.41. The number of carbonyl (C=O) groups excluding carboxylic acids is 1. The summed E-state index contributed by atoms with van der Waals surface area (Å²) in [5.41, 5.74) is 5.70. The first kappa shape index (κ1) is 16.4. The van der Waals surface area contributed by atoms with E-state index in [1.165, 1.54) is 0 Å². The van der Waals surface area contributed by atoms with Gasteiger partial charge in [0.25, 0.3) is 0 Å². The molecular weight excluding hydrogens is 216 g/mol. The molecule has 4 nitrogen and oxygen atoms in total. The van der Waals surface area contributed by atoms with Gasteiger partial charge in [0.15, 0.2) is 0 Å². The van der Waals surface area contributed by atoms with Crippen molar-refractivity contribution in [1.29, 1.82) is 0 Å². The van der Waals surface area contributed by atoms with E-state index in [4.69, 9.17) is 10.5 Å². The topological polar surface area (TPSA) is 64.3 Å². The van der Waals surface area contributed by atoms with Gasteiger partial charge in [0, 0.05) is 20.1 Å². The average Bonchev–Trinajstić information content (AvgIpc) is 2.24. The second-order valence-corrected chi connectivity index (χ2v) is 5.57. The van der Waals surface area contributed by atoms with Crippen molar-refractivity contribution in [3.63, 3.8) is 0 Å². The first-order valence-electron chi connectivity index (χ1n) is 6.37. The Morgan fingerprint density at radius 2 is 2.06 bits per heavy atom. The van der Waals surface area contributed by atoms with Gasteiger partial charge in [-0.3, -0.25) is 4.79 Å². The molecule has 1 unspecified atom stereocenters. The number of methoxy groups -OCH3 is 1. The molecule has 0 bridgehead atoms. The second-order valence-electron chi connectivity index (χ2n) is 5.57. The maximum absolute atomic E-state index is 11.6. The van der Waals surface area contributed by atoms with E-state index in [-0.39, 0.29) is 11.3 Å². The summed E-state index contributed by atoms with van der Waals surface area (Å²) in [5, 5.41) is 2.93. The molecule has 0 aromatic rings. The third kappa shape index (κ3) is 9.12. The van der Waals surface area contributed by atoms with Gasteiger partial charge >= 0.3 is 0 Å². The van der Waals surface area contributed by atoms with Crippen LogP contribution < -0.4 is 11.1 Å². The molecule has 0 aromatic heterocycles. The summed E-state index contributed by atoms with van der Waals surface area (Å²) in [6, 6.07) is 0. The van der Waals surface area contributed by atoms with E-state index >= 15 is 0 Å². The first-order valence-corrected chi connectivity index (χ1v) is 6.37. The number of hydrogen-bond donors (Lipinski definition) is 2. The van der Waals surface area contributed by atoms with Crippen molar-refractivity contribution in [2.24, 2.45) is 17.1 Å². The Kier molecular flexibility index (Phi) is 8.17. The van der Waals surface area contributed by atoms with Crippen molar-refractivity contribution < 1.29 is 9.53 Å². The second kappa shape index (κ2) is 8.48. The van der Waals surface area contributed by atoms with Crippen LogP contribution in [0, 0.1) is 11.3 Å². The zero-order valence-electron chi connectivity index (χ0n) is 11.7. The fraction of sp³-hybridized carbons (Fsp3) is 0.923. The molecule has 0 radical (unpaired) electrons. The number of ether oxygens (including phenoxy) is 1. The number of carbonyl (C=O) groups is 1. The van der Waals surface area contributed by atoms with Crippen molar-refractivity contribution in [3.8, 4) is 0 Å². The highest BCUT2D eigenvalue weighted by atomic mass is 16.5. The van der Waals surface area contributed by atoms with Crippen LogP contribution in [0.3, 0.4) is 0 Å². The van der Waals surface area contributed by atoms with Crippen molar-refractivity contribution in [1.82, 2.24) is 5.32 Å². The molecule has 4 heteroatoms. The Hall–Kier alpha value is -0.610. The molecule has 0 heterocycles. The van der Waals surface area contributed by atoms with Crippen LogP contribution in [-0.4, -0.2) is 32.7 Å². The van der Waals surface area contributed by atoms with E-state index in [0.717, 1.165) is 12.8 Å². The SMILES string of the molecule is COCC(C)CNC(=O)CCC(C)(C)CCN. The maximum atomic E-state index is 11.6. The van der Waals surface area contributed by atoms with Gasteiger partial charge in [-0.1, -0.05) is 20.8 Å². The smallest absolute Gasteiger partial charge is 0.220 e. The minimum atomic E-state index is 0.123. The lowest BCUT2D eigenvalue weighted by Crippen LogP contribution is -2.30. The summed E-state index contributed by atoms with van der Waals surface area (Å²) in [6.07, 6.45) is 2.42. The molecular formula is C13H28N2O2. The van der Waals surface area contributed by atoms with Gasteiger partial charge in [-0.25, -0.2) is 0 Å². The predicted molar refractivity (Wildman–Crippen MR) is 70.7 cm³/mol. The minimum Gasteiger partial charge on any atom is -0.384 e. The molecule has 1 atom stereocenters. The van der Waals surface area contributed by atoms with Crippen LogP contribution in [0.1, 0.15) is 40.0 Å². The van der Waals surface area contributed by atoms with Crippen molar-refractivity contribution >= 4 is 5.91 Å². The molecule has 0 fully saturated rings. The number of hydrogen-bond acceptors (Lipinski definition) is 3. The third-order valence-corrected chi connectivity index (χ3v) is 2.95. The van der Waals surface area contributed by atoms with Gasteiger partial charge < -0.3 is 15.8 Å². The van der Waals surface area contributed by atoms with Gasteiger partial charge in [-0.2, -0.15) is 0 Å². The molecule has 3 N–H and O–H groups in total. The van der Waals surface area contributed by atoms with Crippen LogP contribution in [0.2, 0.25) is 0 Å². The first-order chi connectivity index (χ1) is 7.91. The summed E-state index contributed by atoms with van der Waals surface area (Å²) in [7, 11) is 1.67. The number of amides is 1. The Morgan fingerprint density at radius 3 is 2.59 bits per heavy atom. The lowest BCUT2D eigenvalue weighted by atomic mass is 9.84.